The van der Waals surface area contributed by atoms with Gasteiger partial charge in [-0.25, -0.2) is 9.97 Å². The zero-order chi connectivity index (χ0) is 32.3. The molecule has 0 saturated carbocycles. The van der Waals surface area contributed by atoms with Crippen LogP contribution < -0.4 is 9.47 Å². The highest BCUT2D eigenvalue weighted by Gasteiger charge is 2.32. The van der Waals surface area contributed by atoms with E-state index in [0.717, 1.165) is 44.3 Å². The van der Waals surface area contributed by atoms with E-state index in [1.54, 1.807) is 24.3 Å². The average molecular weight is 672 g/mol. The van der Waals surface area contributed by atoms with Crippen LogP contribution >= 0.6 is 34.8 Å². The smallest absolute Gasteiger partial charge is 0.303 e. The third kappa shape index (κ3) is 6.90. The first-order valence-electron chi connectivity index (χ1n) is 14.7. The molecule has 0 saturated heterocycles. The van der Waals surface area contributed by atoms with E-state index in [2.05, 4.69) is 9.97 Å². The van der Waals surface area contributed by atoms with E-state index in [9.17, 15) is 9.90 Å². The number of carbonyl (C=O) groups is 1. The summed E-state index contributed by atoms with van der Waals surface area (Å²) in [4.78, 5) is 21.0. The quantitative estimate of drug-likeness (QED) is 0.148. The van der Waals surface area contributed by atoms with E-state index < -0.39 is 11.4 Å². The van der Waals surface area contributed by atoms with Gasteiger partial charge in [0.25, 0.3) is 0 Å². The summed E-state index contributed by atoms with van der Waals surface area (Å²) in [7, 11) is 0. The number of ether oxygens (including phenoxy) is 2. The normalized spacial score (nSPS) is 12.6. The highest BCUT2D eigenvalue weighted by molar-refractivity contribution is 6.37. The molecule has 0 aliphatic carbocycles. The molecule has 0 fully saturated rings. The van der Waals surface area contributed by atoms with Gasteiger partial charge < -0.3 is 14.6 Å². The number of aliphatic carboxylic acids is 1. The lowest BCUT2D eigenvalue weighted by Gasteiger charge is -2.32. The van der Waals surface area contributed by atoms with Crippen LogP contribution in [-0.2, 0) is 23.4 Å². The zero-order valence-corrected chi connectivity index (χ0v) is 27.1. The second kappa shape index (κ2) is 13.6. The molecule has 232 valence electrons. The average Bonchev–Trinajstić information content (AvgIpc) is 3.06. The van der Waals surface area contributed by atoms with Gasteiger partial charge in [0.05, 0.1) is 37.5 Å². The predicted molar refractivity (Wildman–Crippen MR) is 183 cm³/mol. The van der Waals surface area contributed by atoms with Crippen molar-refractivity contribution in [2.75, 3.05) is 0 Å². The summed E-state index contributed by atoms with van der Waals surface area (Å²) in [6, 6.07) is 32.5. The van der Waals surface area contributed by atoms with Gasteiger partial charge in [0.15, 0.2) is 5.75 Å². The number of carboxylic acid groups (broad SMARTS) is 1. The molecule has 6 aromatic rings. The van der Waals surface area contributed by atoms with E-state index >= 15 is 0 Å². The summed E-state index contributed by atoms with van der Waals surface area (Å²) in [5.74, 6) is -0.102. The summed E-state index contributed by atoms with van der Waals surface area (Å²) in [5.41, 5.74) is 3.97. The maximum Gasteiger partial charge on any atom is 0.303 e. The number of halogens is 3. The van der Waals surface area contributed by atoms with Gasteiger partial charge in [-0.1, -0.05) is 96.3 Å². The summed E-state index contributed by atoms with van der Waals surface area (Å²) < 4.78 is 12.1. The van der Waals surface area contributed by atoms with Crippen molar-refractivity contribution >= 4 is 62.6 Å². The Balaban J connectivity index is 1.24. The Morgan fingerprint density at radius 1 is 0.696 bits per heavy atom. The number of para-hydroxylation sites is 2. The predicted octanol–water partition coefficient (Wildman–Crippen LogP) is 10.1. The molecule has 1 atom stereocenters. The van der Waals surface area contributed by atoms with Crippen molar-refractivity contribution in [2.45, 2.75) is 38.4 Å². The van der Waals surface area contributed by atoms with Crippen molar-refractivity contribution < 1.29 is 19.4 Å². The number of hydrogen-bond donors (Lipinski definition) is 1. The molecule has 0 amide bonds. The molecule has 1 unspecified atom stereocenters. The van der Waals surface area contributed by atoms with Crippen molar-refractivity contribution in [3.05, 3.63) is 141 Å². The Labute approximate surface area is 281 Å². The fourth-order valence-electron chi connectivity index (χ4n) is 5.46. The van der Waals surface area contributed by atoms with Crippen LogP contribution in [0.4, 0.5) is 0 Å². The van der Waals surface area contributed by atoms with Crippen molar-refractivity contribution in [2.24, 2.45) is 0 Å². The van der Waals surface area contributed by atoms with Crippen LogP contribution in [0.2, 0.25) is 15.1 Å². The molecule has 6 nitrogen and oxygen atoms in total. The van der Waals surface area contributed by atoms with Crippen molar-refractivity contribution in [3.63, 3.8) is 0 Å². The first-order chi connectivity index (χ1) is 22.2. The molecule has 0 aliphatic rings. The largest absolute Gasteiger partial charge is 0.486 e. The summed E-state index contributed by atoms with van der Waals surface area (Å²) in [6.45, 7) is 2.36. The number of fused-ring (bicyclic) bond motifs is 2. The summed E-state index contributed by atoms with van der Waals surface area (Å²) in [5, 5.41) is 12.7. The lowest BCUT2D eigenvalue weighted by molar-refractivity contribution is -0.137. The number of aromatic nitrogens is 2. The molecule has 0 bridgehead atoms. The highest BCUT2D eigenvalue weighted by atomic mass is 35.5. The molecule has 0 radical (unpaired) electrons. The number of nitrogens with zero attached hydrogens (tertiary/aromatic N) is 2. The number of benzene rings is 4. The first kappa shape index (κ1) is 31.6. The Bertz CT molecular complexity index is 2050. The van der Waals surface area contributed by atoms with Crippen LogP contribution in [-0.4, -0.2) is 21.0 Å². The van der Waals surface area contributed by atoms with E-state index in [-0.39, 0.29) is 26.1 Å². The second-order valence-corrected chi connectivity index (χ2v) is 12.4. The fourth-order valence-corrected chi connectivity index (χ4v) is 6.30. The van der Waals surface area contributed by atoms with Crippen molar-refractivity contribution in [3.8, 4) is 11.5 Å². The maximum absolute atomic E-state index is 11.7. The molecule has 46 heavy (non-hydrogen) atoms. The molecule has 1 N–H and O–H groups in total. The van der Waals surface area contributed by atoms with E-state index in [0.29, 0.717) is 26.6 Å². The zero-order valence-electron chi connectivity index (χ0n) is 24.8. The molecule has 2 heterocycles. The third-order valence-electron chi connectivity index (χ3n) is 8.10. The number of pyridine rings is 2. The monoisotopic (exact) mass is 670 g/mol. The van der Waals surface area contributed by atoms with Gasteiger partial charge in [-0.2, -0.15) is 0 Å². The standard InChI is InChI=1S/C37H29Cl3N2O4/c1-37(17-16-35(43)44,25-12-15-34(29(38)18-25)45-21-27-13-10-23-6-2-4-8-32(23)41-27)26-19-30(39)36(31(40)20-26)46-22-28-14-11-24-7-3-5-9-33(24)42-28/h2-15,18-20H,16-17,21-22H2,1H3,(H,43,44). The maximum atomic E-state index is 11.7. The Kier molecular flexibility index (Phi) is 9.32. The molecular formula is C37H29Cl3N2O4. The van der Waals surface area contributed by atoms with Gasteiger partial charge in [0, 0.05) is 22.6 Å². The molecule has 4 aromatic carbocycles. The SMILES string of the molecule is CC(CCC(=O)O)(c1ccc(OCc2ccc3ccccc3n2)c(Cl)c1)c1cc(Cl)c(OCc2ccc3ccccc3n2)c(Cl)c1. The third-order valence-corrected chi connectivity index (χ3v) is 8.95. The molecule has 6 rings (SSSR count). The molecular weight excluding hydrogens is 643 g/mol. The van der Waals surface area contributed by atoms with Crippen LogP contribution in [0.15, 0.2) is 103 Å². The van der Waals surface area contributed by atoms with Crippen molar-refractivity contribution in [1.82, 2.24) is 9.97 Å². The topological polar surface area (TPSA) is 81.5 Å². The lowest BCUT2D eigenvalue weighted by atomic mass is 9.73. The van der Waals surface area contributed by atoms with E-state index in [4.69, 9.17) is 44.3 Å². The first-order valence-corrected chi connectivity index (χ1v) is 15.8. The van der Waals surface area contributed by atoms with E-state index in [1.165, 1.54) is 0 Å². The lowest BCUT2D eigenvalue weighted by Crippen LogP contribution is -2.25. The molecule has 9 heteroatoms. The van der Waals surface area contributed by atoms with Gasteiger partial charge in [-0.15, -0.1) is 0 Å². The Hall–Kier alpha value is -4.36. The minimum atomic E-state index is -0.916. The van der Waals surface area contributed by atoms with Crippen molar-refractivity contribution in [1.29, 1.82) is 0 Å². The molecule has 2 aromatic heterocycles. The number of hydrogen-bond acceptors (Lipinski definition) is 5. The van der Waals surface area contributed by atoms with Crippen LogP contribution in [0.3, 0.4) is 0 Å². The van der Waals surface area contributed by atoms with E-state index in [1.807, 2.05) is 85.8 Å². The van der Waals surface area contributed by atoms with Crippen LogP contribution in [0.1, 0.15) is 42.3 Å². The summed E-state index contributed by atoms with van der Waals surface area (Å²) >= 11 is 20.2. The highest BCUT2D eigenvalue weighted by Crippen LogP contribution is 2.44. The van der Waals surface area contributed by atoms with Crippen LogP contribution in [0.25, 0.3) is 21.8 Å². The minimum Gasteiger partial charge on any atom is -0.486 e. The Morgan fingerprint density at radius 3 is 1.80 bits per heavy atom. The summed E-state index contributed by atoms with van der Waals surface area (Å²) in [6.07, 6.45) is 0.189. The van der Waals surface area contributed by atoms with Gasteiger partial charge in [-0.3, -0.25) is 4.79 Å². The molecule has 0 aliphatic heterocycles. The Morgan fingerprint density at radius 2 is 1.24 bits per heavy atom. The fraction of sp³-hybridized carbons (Fsp3) is 0.162. The van der Waals surface area contributed by atoms with Gasteiger partial charge in [0.1, 0.15) is 19.0 Å². The second-order valence-electron chi connectivity index (χ2n) is 11.2. The molecule has 0 spiro atoms. The van der Waals surface area contributed by atoms with Crippen LogP contribution in [0, 0.1) is 0 Å². The minimum absolute atomic E-state index is 0.0822. The van der Waals surface area contributed by atoms with Gasteiger partial charge in [0.2, 0.25) is 0 Å². The number of rotatable bonds is 11. The van der Waals surface area contributed by atoms with Crippen LogP contribution in [0.5, 0.6) is 11.5 Å². The van der Waals surface area contributed by atoms with Gasteiger partial charge >= 0.3 is 5.97 Å². The number of carboxylic acids is 1. The van der Waals surface area contributed by atoms with Gasteiger partial charge in [-0.05, 0) is 66.1 Å².